The second kappa shape index (κ2) is 13.7. The number of carbonyl (C=O) groups is 1. The van der Waals surface area contributed by atoms with Crippen molar-refractivity contribution in [2.75, 3.05) is 6.61 Å². The maximum atomic E-state index is 13.9. The molecule has 0 aliphatic heterocycles. The Morgan fingerprint density at radius 2 is 1.08 bits per heavy atom. The molecule has 0 aromatic carbocycles. The molecular formula is C17H23F17O2. The predicted octanol–water partition coefficient (Wildman–Crippen LogP) is 8.70. The summed E-state index contributed by atoms with van der Waals surface area (Å²) in [4.78, 5) is 11.3. The number of ether oxygens (including phenoxy) is 1. The summed E-state index contributed by atoms with van der Waals surface area (Å²) in [7, 11) is 0. The standard InChI is InChI=1S/C15H15F15O2.2CH4.F2/c1-3-6(2)8(31)32-5-4-7(12(22,23)24)10(18,19)13(25,26)15(29,30)14(27,28)11(20,21)9(16)17;;;1-2/h6-7,9H,3-5H2,1-2H3;2*1H4;. The molecule has 0 heterocycles. The van der Waals surface area contributed by atoms with E-state index >= 15 is 0 Å². The van der Waals surface area contributed by atoms with E-state index in [-0.39, 0.29) is 21.3 Å². The highest BCUT2D eigenvalue weighted by atomic mass is 20.0. The number of hydrogen-bond acceptors (Lipinski definition) is 2. The number of carbonyl (C=O) groups excluding carboxylic acids is 1. The second-order valence-corrected chi connectivity index (χ2v) is 6.63. The number of alkyl halides is 15. The molecule has 0 saturated carbocycles. The largest absolute Gasteiger partial charge is 0.465 e. The minimum atomic E-state index is -8.08. The molecule has 0 fully saturated rings. The first-order valence-electron chi connectivity index (χ1n) is 8.49. The Balaban J connectivity index is -0.00000124. The van der Waals surface area contributed by atoms with Crippen LogP contribution in [0.3, 0.4) is 0 Å². The molecule has 0 radical (unpaired) electrons. The lowest BCUT2D eigenvalue weighted by atomic mass is 9.85. The molecule has 0 amide bonds. The van der Waals surface area contributed by atoms with Crippen LogP contribution in [0, 0.1) is 11.8 Å². The van der Waals surface area contributed by atoms with Gasteiger partial charge in [0.05, 0.1) is 12.5 Å². The lowest BCUT2D eigenvalue weighted by Crippen LogP contribution is -2.70. The van der Waals surface area contributed by atoms with Crippen molar-refractivity contribution in [3.8, 4) is 0 Å². The van der Waals surface area contributed by atoms with Gasteiger partial charge in [0.25, 0.3) is 0 Å². The van der Waals surface area contributed by atoms with Gasteiger partial charge >= 0.3 is 48.2 Å². The number of halogens is 17. The summed E-state index contributed by atoms with van der Waals surface area (Å²) in [6.07, 6.45) is -14.7. The van der Waals surface area contributed by atoms with Gasteiger partial charge in [-0.2, -0.15) is 57.1 Å². The van der Waals surface area contributed by atoms with Crippen molar-refractivity contribution in [2.45, 2.75) is 83.8 Å². The Morgan fingerprint density at radius 1 is 0.722 bits per heavy atom. The number of rotatable bonds is 11. The Hall–Kier alpha value is -1.72. The van der Waals surface area contributed by atoms with Crippen LogP contribution in [0.5, 0.6) is 0 Å². The van der Waals surface area contributed by atoms with Crippen LogP contribution in [-0.4, -0.2) is 54.8 Å². The zero-order chi connectivity index (χ0) is 28.1. The van der Waals surface area contributed by atoms with E-state index in [0.29, 0.717) is 0 Å². The van der Waals surface area contributed by atoms with Crippen LogP contribution in [-0.2, 0) is 9.53 Å². The lowest BCUT2D eigenvalue weighted by Gasteiger charge is -2.41. The summed E-state index contributed by atoms with van der Waals surface area (Å²) in [5, 5.41) is 0. The minimum Gasteiger partial charge on any atom is -0.465 e. The first-order valence-corrected chi connectivity index (χ1v) is 8.49. The first kappa shape index (κ1) is 41.4. The summed E-state index contributed by atoms with van der Waals surface area (Å²) in [5.41, 5.74) is 0. The van der Waals surface area contributed by atoms with Crippen LogP contribution in [0.15, 0.2) is 0 Å². The van der Waals surface area contributed by atoms with E-state index in [2.05, 4.69) is 4.74 Å². The van der Waals surface area contributed by atoms with E-state index in [1.807, 2.05) is 0 Å². The van der Waals surface area contributed by atoms with Gasteiger partial charge < -0.3 is 4.74 Å². The molecule has 19 heteroatoms. The van der Waals surface area contributed by atoms with Gasteiger partial charge in [0.1, 0.15) is 5.92 Å². The number of hydrogen-bond donors (Lipinski definition) is 0. The van der Waals surface area contributed by atoms with Gasteiger partial charge in [0, 0.05) is 9.15 Å². The van der Waals surface area contributed by atoms with Gasteiger partial charge in [0.2, 0.25) is 0 Å². The maximum Gasteiger partial charge on any atom is 0.397 e. The van der Waals surface area contributed by atoms with Gasteiger partial charge in [-0.3, -0.25) is 4.79 Å². The number of esters is 1. The summed E-state index contributed by atoms with van der Waals surface area (Å²) in [5.74, 6) is -45.7. The van der Waals surface area contributed by atoms with E-state index in [1.54, 1.807) is 0 Å². The molecule has 36 heavy (non-hydrogen) atoms. The Bertz CT molecular complexity index is 646. The van der Waals surface area contributed by atoms with Gasteiger partial charge in [0.15, 0.2) is 0 Å². The van der Waals surface area contributed by atoms with Crippen LogP contribution in [0.25, 0.3) is 0 Å². The van der Waals surface area contributed by atoms with Crippen LogP contribution < -0.4 is 0 Å². The minimum absolute atomic E-state index is 0. The Kier molecular flexibility index (Phi) is 15.8. The molecular weight excluding hydrogens is 559 g/mol. The summed E-state index contributed by atoms with van der Waals surface area (Å²) < 4.78 is 216. The molecule has 0 spiro atoms. The lowest BCUT2D eigenvalue weighted by molar-refractivity contribution is -0.427. The normalized spacial score (nSPS) is 15.1. The smallest absolute Gasteiger partial charge is 0.397 e. The highest BCUT2D eigenvalue weighted by Gasteiger charge is 2.89. The summed E-state index contributed by atoms with van der Waals surface area (Å²) >= 11 is 0. The van der Waals surface area contributed by atoms with Gasteiger partial charge in [-0.05, 0) is 12.8 Å². The SMILES string of the molecule is C.C.CCC(C)C(=O)OCCC(C(F)(F)F)C(F)(F)C(F)(F)C(F)(F)C(F)(F)C(F)(F)C(F)F.FF. The molecule has 2 atom stereocenters. The topological polar surface area (TPSA) is 26.3 Å². The predicted molar refractivity (Wildman–Crippen MR) is 91.0 cm³/mol. The van der Waals surface area contributed by atoms with Crippen LogP contribution in [0.4, 0.5) is 75.0 Å². The molecule has 0 rings (SSSR count). The Labute approximate surface area is 194 Å². The van der Waals surface area contributed by atoms with Crippen molar-refractivity contribution >= 4 is 5.97 Å². The monoisotopic (exact) mass is 582 g/mol. The fourth-order valence-corrected chi connectivity index (χ4v) is 2.11. The highest BCUT2D eigenvalue weighted by molar-refractivity contribution is 5.71. The van der Waals surface area contributed by atoms with Crippen molar-refractivity contribution in [2.24, 2.45) is 11.8 Å². The quantitative estimate of drug-likeness (QED) is 0.180. The molecule has 2 nitrogen and oxygen atoms in total. The third-order valence-corrected chi connectivity index (χ3v) is 4.40. The molecule has 222 valence electrons. The van der Waals surface area contributed by atoms with Gasteiger partial charge in [-0.15, -0.1) is 0 Å². The summed E-state index contributed by atoms with van der Waals surface area (Å²) in [6.45, 7) is 0.795. The fraction of sp³-hybridized carbons (Fsp3) is 0.941. The van der Waals surface area contributed by atoms with E-state index in [9.17, 15) is 70.7 Å². The van der Waals surface area contributed by atoms with Crippen molar-refractivity contribution in [1.29, 1.82) is 0 Å². The van der Waals surface area contributed by atoms with Gasteiger partial charge in [-0.1, -0.05) is 28.7 Å². The van der Waals surface area contributed by atoms with Crippen molar-refractivity contribution < 1.29 is 84.5 Å². The Morgan fingerprint density at radius 3 is 1.39 bits per heavy atom. The second-order valence-electron chi connectivity index (χ2n) is 6.63. The molecule has 0 bridgehead atoms. The molecule has 0 aliphatic rings. The van der Waals surface area contributed by atoms with E-state index in [1.165, 1.54) is 6.92 Å². The van der Waals surface area contributed by atoms with E-state index in [4.69, 9.17) is 9.15 Å². The average Bonchev–Trinajstić information content (AvgIpc) is 2.69. The molecule has 0 aromatic rings. The third kappa shape index (κ3) is 7.64. The van der Waals surface area contributed by atoms with Crippen LogP contribution >= 0.6 is 0 Å². The van der Waals surface area contributed by atoms with Crippen molar-refractivity contribution in [3.05, 3.63) is 0 Å². The van der Waals surface area contributed by atoms with E-state index in [0.717, 1.165) is 6.92 Å². The molecule has 0 aliphatic carbocycles. The molecule has 0 N–H and O–H groups in total. The fourth-order valence-electron chi connectivity index (χ4n) is 2.11. The van der Waals surface area contributed by atoms with Crippen LogP contribution in [0.2, 0.25) is 0 Å². The van der Waals surface area contributed by atoms with Crippen molar-refractivity contribution in [3.63, 3.8) is 0 Å². The van der Waals surface area contributed by atoms with Crippen molar-refractivity contribution in [1.82, 2.24) is 0 Å². The molecule has 2 unspecified atom stereocenters. The zero-order valence-corrected chi connectivity index (χ0v) is 16.6. The third-order valence-electron chi connectivity index (χ3n) is 4.40. The first-order chi connectivity index (χ1) is 14.9. The molecule has 0 aromatic heterocycles. The molecule has 0 saturated heterocycles. The average molecular weight is 582 g/mol. The van der Waals surface area contributed by atoms with Gasteiger partial charge in [-0.25, -0.2) is 8.78 Å². The van der Waals surface area contributed by atoms with Crippen LogP contribution in [0.1, 0.15) is 41.5 Å². The zero-order valence-electron chi connectivity index (χ0n) is 16.6. The highest BCUT2D eigenvalue weighted by Crippen LogP contribution is 2.61. The summed E-state index contributed by atoms with van der Waals surface area (Å²) in [6, 6.07) is 0. The van der Waals surface area contributed by atoms with E-state index < -0.39 is 73.0 Å². The maximum absolute atomic E-state index is 13.9.